The van der Waals surface area contributed by atoms with Gasteiger partial charge in [-0.25, -0.2) is 0 Å². The highest BCUT2D eigenvalue weighted by molar-refractivity contribution is 6.60. The van der Waals surface area contributed by atoms with Crippen LogP contribution in [0.15, 0.2) is 18.2 Å². The van der Waals surface area contributed by atoms with Gasteiger partial charge in [0.1, 0.15) is 0 Å². The Labute approximate surface area is 176 Å². The van der Waals surface area contributed by atoms with Crippen LogP contribution in [0.25, 0.3) is 0 Å². The monoisotopic (exact) mass is 413 g/mol. The summed E-state index contributed by atoms with van der Waals surface area (Å²) in [5.41, 5.74) is 1.83. The van der Waals surface area contributed by atoms with Gasteiger partial charge in [-0.1, -0.05) is 82.7 Å². The lowest BCUT2D eigenvalue weighted by molar-refractivity contribution is -0.929. The molecule has 0 aromatic heterocycles. The molecule has 1 nitrogen and oxygen atoms in total. The molecule has 1 aromatic carbocycles. The van der Waals surface area contributed by atoms with Crippen LogP contribution in [0, 0.1) is 13.8 Å². The Kier molecular flexibility index (Phi) is 15.7. The summed E-state index contributed by atoms with van der Waals surface area (Å²) in [5.74, 6) is 0. The van der Waals surface area contributed by atoms with Crippen LogP contribution >= 0.6 is 0 Å². The number of unbranched alkanes of at least 4 members (excludes halogenated alkanes) is 4. The van der Waals surface area contributed by atoms with Crippen molar-refractivity contribution in [1.82, 2.24) is 0 Å². The molecule has 0 aliphatic heterocycles. The first kappa shape index (κ1) is 27.3. The first-order valence-electron chi connectivity index (χ1n) is 11.5. The van der Waals surface area contributed by atoms with E-state index in [9.17, 15) is 8.22 Å². The summed E-state index contributed by atoms with van der Waals surface area (Å²) in [6, 6.07) is 5.01. The van der Waals surface area contributed by atoms with Crippen molar-refractivity contribution in [3.05, 3.63) is 29.3 Å². The smallest absolute Gasteiger partial charge is 0.0940 e. The summed E-state index contributed by atoms with van der Waals surface area (Å²) in [4.78, 5) is 0. The Bertz CT molecular complexity index is 448. The van der Waals surface area contributed by atoms with E-state index in [1.54, 1.807) is 12.1 Å². The average Bonchev–Trinajstić information content (AvgIpc) is 2.66. The highest BCUT2D eigenvalue weighted by atomic mass is 28.4. The molecule has 0 heterocycles. The zero-order valence-corrected chi connectivity index (χ0v) is 20.4. The Hall–Kier alpha value is -0.743. The van der Waals surface area contributed by atoms with E-state index in [1.165, 1.54) is 82.0 Å². The largest absolute Gasteiger partial charge is 0.448 e. The maximum absolute atomic E-state index is 12.2. The Balaban J connectivity index is 0.000000567. The lowest BCUT2D eigenvalue weighted by Gasteiger charge is -2.39. The number of hydrogen-bond donors (Lipinski definition) is 0. The van der Waals surface area contributed by atoms with Gasteiger partial charge in [0.2, 0.25) is 0 Å². The normalized spacial score (nSPS) is 11.1. The number of aryl methyl sites for hydroxylation is 2. The van der Waals surface area contributed by atoms with E-state index in [4.69, 9.17) is 0 Å². The summed E-state index contributed by atoms with van der Waals surface area (Å²) >= 11 is 0. The number of quaternary nitrogens is 1. The first-order valence-corrected chi connectivity index (χ1v) is 12.7. The number of hydrogen-bond acceptors (Lipinski definition) is 0. The van der Waals surface area contributed by atoms with Crippen molar-refractivity contribution in [1.29, 1.82) is 0 Å². The molecule has 0 bridgehead atoms. The fraction of sp³-hybridized carbons (Fsp3) is 0.750. The topological polar surface area (TPSA) is 0 Å². The third-order valence-electron chi connectivity index (χ3n) is 5.38. The maximum atomic E-state index is 12.2. The average molecular weight is 414 g/mol. The summed E-state index contributed by atoms with van der Waals surface area (Å²) < 4.78 is 25.9. The van der Waals surface area contributed by atoms with Gasteiger partial charge in [-0.3, -0.25) is 0 Å². The van der Waals surface area contributed by atoms with Crippen molar-refractivity contribution in [3.8, 4) is 0 Å². The summed E-state index contributed by atoms with van der Waals surface area (Å²) in [6.45, 7) is 18.7. The van der Waals surface area contributed by atoms with Crippen LogP contribution in [0.4, 0.5) is 8.22 Å². The molecular weight excluding hydrogens is 368 g/mol. The van der Waals surface area contributed by atoms with Gasteiger partial charge in [-0.2, -0.15) is 0 Å². The van der Waals surface area contributed by atoms with Gasteiger partial charge in [-0.05, 0) is 39.5 Å². The minimum atomic E-state index is -3.26. The van der Waals surface area contributed by atoms with Crippen molar-refractivity contribution in [2.24, 2.45) is 0 Å². The van der Waals surface area contributed by atoms with Crippen LogP contribution in [0.2, 0.25) is 0 Å². The van der Waals surface area contributed by atoms with E-state index in [2.05, 4.69) is 27.7 Å². The third-order valence-corrected chi connectivity index (χ3v) is 6.11. The Morgan fingerprint density at radius 1 is 0.643 bits per heavy atom. The fourth-order valence-corrected chi connectivity index (χ4v) is 4.40. The third kappa shape index (κ3) is 12.0. The quantitative estimate of drug-likeness (QED) is 0.187. The van der Waals surface area contributed by atoms with E-state index in [-0.39, 0.29) is 5.19 Å². The molecule has 0 atom stereocenters. The SMILES string of the molecule is CCCC[N+](CCCC)(CCCC)CCCC.Cc1cc(C)cc([Si-](F)F)c1. The molecule has 1 rings (SSSR count). The fourth-order valence-electron chi connectivity index (χ4n) is 3.73. The molecule has 0 saturated carbocycles. The van der Waals surface area contributed by atoms with Gasteiger partial charge >= 0.3 is 0 Å². The molecular formula is C24H45F2NSi. The minimum absolute atomic E-state index is 0.215. The second-order valence-corrected chi connectivity index (χ2v) is 9.39. The molecule has 164 valence electrons. The van der Waals surface area contributed by atoms with E-state index in [0.717, 1.165) is 11.1 Å². The lowest BCUT2D eigenvalue weighted by atomic mass is 10.1. The minimum Gasteiger partial charge on any atom is -0.448 e. The standard InChI is InChI=1S/C16H36N.C8H9F2Si/c1-5-9-13-17(14-10-6-2,15-11-7-3)16-12-8-4;1-6-3-7(2)5-8(4-6)11(9)10/h5-16H2,1-4H3;3-5H,1-2H3/q+1;-1. The molecule has 0 fully saturated rings. The zero-order chi connectivity index (χ0) is 21.4. The van der Waals surface area contributed by atoms with E-state index < -0.39 is 9.46 Å². The van der Waals surface area contributed by atoms with Gasteiger partial charge in [0.25, 0.3) is 0 Å². The number of rotatable bonds is 13. The van der Waals surface area contributed by atoms with Crippen molar-refractivity contribution in [2.45, 2.75) is 92.9 Å². The van der Waals surface area contributed by atoms with Crippen molar-refractivity contribution < 1.29 is 12.7 Å². The van der Waals surface area contributed by atoms with Gasteiger partial charge in [0.15, 0.2) is 0 Å². The molecule has 0 spiro atoms. The van der Waals surface area contributed by atoms with Crippen LogP contribution in [0.5, 0.6) is 0 Å². The second kappa shape index (κ2) is 16.1. The Morgan fingerprint density at radius 3 is 1.21 bits per heavy atom. The Morgan fingerprint density at radius 2 is 0.964 bits per heavy atom. The van der Waals surface area contributed by atoms with Crippen LogP contribution in [-0.2, 0) is 0 Å². The molecule has 0 amide bonds. The predicted octanol–water partition coefficient (Wildman–Crippen LogP) is 6.94. The van der Waals surface area contributed by atoms with Gasteiger partial charge in [0, 0.05) is 0 Å². The van der Waals surface area contributed by atoms with E-state index in [1.807, 2.05) is 19.9 Å². The zero-order valence-electron chi connectivity index (χ0n) is 19.4. The molecule has 0 aliphatic rings. The van der Waals surface area contributed by atoms with Crippen LogP contribution < -0.4 is 5.19 Å². The van der Waals surface area contributed by atoms with Crippen molar-refractivity contribution in [3.63, 3.8) is 0 Å². The maximum Gasteiger partial charge on any atom is 0.0940 e. The van der Waals surface area contributed by atoms with Crippen molar-refractivity contribution in [2.75, 3.05) is 26.2 Å². The first-order chi connectivity index (χ1) is 13.3. The highest BCUT2D eigenvalue weighted by Crippen LogP contribution is 2.16. The van der Waals surface area contributed by atoms with Gasteiger partial charge in [-0.15, -0.1) is 5.19 Å². The summed E-state index contributed by atoms with van der Waals surface area (Å²) in [5, 5.41) is 0.215. The van der Waals surface area contributed by atoms with Gasteiger partial charge < -0.3 is 12.7 Å². The van der Waals surface area contributed by atoms with Crippen LogP contribution in [-0.4, -0.2) is 40.1 Å². The molecule has 0 radical (unpaired) electrons. The van der Waals surface area contributed by atoms with Crippen molar-refractivity contribution >= 4 is 14.7 Å². The molecule has 4 heteroatoms. The molecule has 1 aromatic rings. The summed E-state index contributed by atoms with van der Waals surface area (Å²) in [6.07, 6.45) is 11.1. The van der Waals surface area contributed by atoms with E-state index >= 15 is 0 Å². The summed E-state index contributed by atoms with van der Waals surface area (Å²) in [7, 11) is -3.26. The van der Waals surface area contributed by atoms with Crippen LogP contribution in [0.3, 0.4) is 0 Å². The lowest BCUT2D eigenvalue weighted by Crippen LogP contribution is -2.50. The molecule has 0 aliphatic carbocycles. The highest BCUT2D eigenvalue weighted by Gasteiger charge is 2.24. The molecule has 0 saturated heterocycles. The molecule has 0 unspecified atom stereocenters. The predicted molar refractivity (Wildman–Crippen MR) is 123 cm³/mol. The van der Waals surface area contributed by atoms with Crippen LogP contribution in [0.1, 0.15) is 90.2 Å². The number of nitrogens with zero attached hydrogens (tertiary/aromatic N) is 1. The number of halogens is 2. The van der Waals surface area contributed by atoms with E-state index in [0.29, 0.717) is 0 Å². The second-order valence-electron chi connectivity index (χ2n) is 8.29. The molecule has 28 heavy (non-hydrogen) atoms. The number of benzene rings is 1. The van der Waals surface area contributed by atoms with Gasteiger partial charge in [0.05, 0.1) is 35.6 Å². The molecule has 0 N–H and O–H groups in total.